The van der Waals surface area contributed by atoms with E-state index in [1.807, 2.05) is 12.1 Å². The molecule has 0 aromatic heterocycles. The second-order valence-corrected chi connectivity index (χ2v) is 5.29. The number of phenols is 1. The molecule has 0 saturated carbocycles. The minimum atomic E-state index is -0.189. The van der Waals surface area contributed by atoms with Crippen LogP contribution in [0.1, 0.15) is 31.2 Å². The van der Waals surface area contributed by atoms with Crippen LogP contribution in [0.4, 0.5) is 0 Å². The van der Waals surface area contributed by atoms with E-state index in [9.17, 15) is 9.90 Å². The minimum Gasteiger partial charge on any atom is -0.508 e. The van der Waals surface area contributed by atoms with Crippen molar-refractivity contribution in [1.29, 1.82) is 0 Å². The summed E-state index contributed by atoms with van der Waals surface area (Å²) in [6, 6.07) is 6.74. The van der Waals surface area contributed by atoms with Gasteiger partial charge in [-0.15, -0.1) is 0 Å². The lowest BCUT2D eigenvalue weighted by atomic mass is 10.1. The van der Waals surface area contributed by atoms with Crippen molar-refractivity contribution < 1.29 is 9.90 Å². The van der Waals surface area contributed by atoms with Crippen LogP contribution in [0.2, 0.25) is 0 Å². The van der Waals surface area contributed by atoms with Gasteiger partial charge in [0, 0.05) is 6.54 Å². The van der Waals surface area contributed by atoms with Crippen molar-refractivity contribution in [3.05, 3.63) is 29.8 Å². The predicted octanol–water partition coefficient (Wildman–Crippen LogP) is 0.926. The fourth-order valence-electron chi connectivity index (χ4n) is 2.14. The van der Waals surface area contributed by atoms with Crippen molar-refractivity contribution in [2.24, 2.45) is 16.5 Å². The number of nitrogens with two attached hydrogens (primary N) is 2. The molecule has 0 heterocycles. The number of hydrogen-bond donors (Lipinski definition) is 4. The third-order valence-corrected chi connectivity index (χ3v) is 3.34. The molecule has 6 nitrogen and oxygen atoms in total. The normalized spacial score (nSPS) is 11.8. The summed E-state index contributed by atoms with van der Waals surface area (Å²) in [5, 5.41) is 12.5. The number of benzene rings is 1. The van der Waals surface area contributed by atoms with Gasteiger partial charge in [-0.25, -0.2) is 0 Å². The number of carbonyl (C=O) groups excluding carboxylic acids is 1. The van der Waals surface area contributed by atoms with E-state index in [2.05, 4.69) is 10.3 Å². The van der Waals surface area contributed by atoms with Gasteiger partial charge in [0.15, 0.2) is 5.96 Å². The third kappa shape index (κ3) is 8.26. The highest BCUT2D eigenvalue weighted by Gasteiger charge is 2.07. The minimum absolute atomic E-state index is 0.143. The number of phenolic OH excluding ortho intramolecular Hbond substituents is 1. The molecule has 0 unspecified atom stereocenters. The quantitative estimate of drug-likeness (QED) is 0.210. The van der Waals surface area contributed by atoms with E-state index in [1.165, 1.54) is 0 Å². The van der Waals surface area contributed by atoms with Crippen LogP contribution in [0.5, 0.6) is 5.75 Å². The number of unbranched alkanes of at least 4 members (excludes halogenated alkanes) is 3. The molecule has 0 amide bonds. The summed E-state index contributed by atoms with van der Waals surface area (Å²) in [5.41, 5.74) is 11.5. The van der Waals surface area contributed by atoms with E-state index < -0.39 is 0 Å². The number of carbonyl (C=O) groups is 1. The lowest BCUT2D eigenvalue weighted by Gasteiger charge is -2.12. The molecule has 0 aliphatic heterocycles. The van der Waals surface area contributed by atoms with Gasteiger partial charge in [-0.2, -0.15) is 0 Å². The number of guanidine groups is 1. The van der Waals surface area contributed by atoms with Crippen LogP contribution < -0.4 is 16.8 Å². The van der Waals surface area contributed by atoms with E-state index in [0.29, 0.717) is 13.0 Å². The van der Waals surface area contributed by atoms with Gasteiger partial charge in [-0.3, -0.25) is 4.99 Å². The molecular formula is C16H26N4O2. The van der Waals surface area contributed by atoms with Crippen LogP contribution in [0.15, 0.2) is 29.3 Å². The molecule has 6 heteroatoms. The van der Waals surface area contributed by atoms with Crippen molar-refractivity contribution in [3.63, 3.8) is 0 Å². The van der Waals surface area contributed by atoms with Crippen LogP contribution in [0.3, 0.4) is 0 Å². The molecule has 22 heavy (non-hydrogen) atoms. The monoisotopic (exact) mass is 306 g/mol. The summed E-state index contributed by atoms with van der Waals surface area (Å²) in [5.74, 6) is 0.379. The first kappa shape index (κ1) is 18.0. The fourth-order valence-corrected chi connectivity index (χ4v) is 2.14. The summed E-state index contributed by atoms with van der Waals surface area (Å²) < 4.78 is 0. The zero-order valence-electron chi connectivity index (χ0n) is 12.9. The topological polar surface area (TPSA) is 114 Å². The van der Waals surface area contributed by atoms with Gasteiger partial charge in [0.05, 0.1) is 6.04 Å². The maximum absolute atomic E-state index is 11.1. The number of aromatic hydroxyl groups is 1. The van der Waals surface area contributed by atoms with E-state index >= 15 is 0 Å². The van der Waals surface area contributed by atoms with Crippen molar-refractivity contribution in [2.75, 3.05) is 13.1 Å². The lowest BCUT2D eigenvalue weighted by Crippen LogP contribution is -2.33. The van der Waals surface area contributed by atoms with Crippen molar-refractivity contribution in [2.45, 2.75) is 38.1 Å². The molecule has 122 valence electrons. The average molecular weight is 306 g/mol. The average Bonchev–Trinajstić information content (AvgIpc) is 2.50. The Morgan fingerprint density at radius 3 is 2.50 bits per heavy atom. The Balaban J connectivity index is 2.12. The first-order valence-electron chi connectivity index (χ1n) is 7.64. The molecule has 1 aromatic carbocycles. The number of hydrogen-bond acceptors (Lipinski definition) is 4. The largest absolute Gasteiger partial charge is 0.508 e. The SMILES string of the molecule is NC(N)=NCCCCCCN[C@H](C=O)Cc1ccc(O)cc1. The van der Waals surface area contributed by atoms with E-state index in [0.717, 1.165) is 44.1 Å². The third-order valence-electron chi connectivity index (χ3n) is 3.34. The first-order chi connectivity index (χ1) is 10.6. The number of rotatable bonds is 11. The van der Waals surface area contributed by atoms with Crippen molar-refractivity contribution in [3.8, 4) is 5.75 Å². The molecule has 0 saturated heterocycles. The van der Waals surface area contributed by atoms with Crippen LogP contribution in [0.25, 0.3) is 0 Å². The highest BCUT2D eigenvalue weighted by atomic mass is 16.3. The zero-order valence-corrected chi connectivity index (χ0v) is 12.9. The molecule has 0 aliphatic carbocycles. The van der Waals surface area contributed by atoms with Crippen LogP contribution in [-0.4, -0.2) is 36.5 Å². The first-order valence-corrected chi connectivity index (χ1v) is 7.64. The molecule has 0 radical (unpaired) electrons. The maximum atomic E-state index is 11.1. The van der Waals surface area contributed by atoms with Gasteiger partial charge >= 0.3 is 0 Å². The molecule has 0 fully saturated rings. The highest BCUT2D eigenvalue weighted by Crippen LogP contribution is 2.11. The molecule has 1 aromatic rings. The Morgan fingerprint density at radius 1 is 1.18 bits per heavy atom. The fraction of sp³-hybridized carbons (Fsp3) is 0.500. The lowest BCUT2D eigenvalue weighted by molar-refractivity contribution is -0.109. The van der Waals surface area contributed by atoms with Gasteiger partial charge in [-0.1, -0.05) is 25.0 Å². The molecular weight excluding hydrogens is 280 g/mol. The molecule has 6 N–H and O–H groups in total. The summed E-state index contributed by atoms with van der Waals surface area (Å²) in [6.45, 7) is 1.48. The smallest absolute Gasteiger partial charge is 0.185 e. The molecule has 0 aliphatic rings. The van der Waals surface area contributed by atoms with Gasteiger partial charge < -0.3 is 26.7 Å². The summed E-state index contributed by atoms with van der Waals surface area (Å²) in [6.07, 6.45) is 5.71. The molecule has 1 rings (SSSR count). The summed E-state index contributed by atoms with van der Waals surface area (Å²) in [7, 11) is 0. The highest BCUT2D eigenvalue weighted by molar-refractivity contribution is 5.75. The van der Waals surface area contributed by atoms with Crippen LogP contribution in [-0.2, 0) is 11.2 Å². The summed E-state index contributed by atoms with van der Waals surface area (Å²) >= 11 is 0. The summed E-state index contributed by atoms with van der Waals surface area (Å²) in [4.78, 5) is 15.0. The Kier molecular flexibility index (Phi) is 8.67. The number of nitrogens with zero attached hydrogens (tertiary/aromatic N) is 1. The Hall–Kier alpha value is -2.08. The Bertz CT molecular complexity index is 456. The second-order valence-electron chi connectivity index (χ2n) is 5.29. The van der Waals surface area contributed by atoms with E-state index in [4.69, 9.17) is 11.5 Å². The molecule has 0 bridgehead atoms. The van der Waals surface area contributed by atoms with Crippen LogP contribution >= 0.6 is 0 Å². The van der Waals surface area contributed by atoms with Gasteiger partial charge in [0.25, 0.3) is 0 Å². The van der Waals surface area contributed by atoms with Crippen molar-refractivity contribution >= 4 is 12.2 Å². The zero-order chi connectivity index (χ0) is 16.2. The molecule has 1 atom stereocenters. The number of nitrogens with one attached hydrogen (secondary N) is 1. The van der Waals surface area contributed by atoms with E-state index in [1.54, 1.807) is 12.1 Å². The number of aliphatic imine (C=N–C) groups is 1. The van der Waals surface area contributed by atoms with Gasteiger partial charge in [0.2, 0.25) is 0 Å². The van der Waals surface area contributed by atoms with Crippen molar-refractivity contribution in [1.82, 2.24) is 5.32 Å². The van der Waals surface area contributed by atoms with E-state index in [-0.39, 0.29) is 17.8 Å². The molecule has 0 spiro atoms. The Labute approximate surface area is 131 Å². The number of aldehydes is 1. The predicted molar refractivity (Wildman–Crippen MR) is 88.8 cm³/mol. The standard InChI is InChI=1S/C16H26N4O2/c17-16(18)20-10-4-2-1-3-9-19-14(12-21)11-13-5-7-15(22)8-6-13/h5-8,12,14,19,22H,1-4,9-11H2,(H4,17,18,20)/t14-/m0/s1. The van der Waals surface area contributed by atoms with Crippen LogP contribution in [0, 0.1) is 0 Å². The van der Waals surface area contributed by atoms with Gasteiger partial charge in [-0.05, 0) is 43.5 Å². The van der Waals surface area contributed by atoms with Gasteiger partial charge in [0.1, 0.15) is 12.0 Å². The Morgan fingerprint density at radius 2 is 1.86 bits per heavy atom. The second kappa shape index (κ2) is 10.6. The maximum Gasteiger partial charge on any atom is 0.185 e.